The fourth-order valence-corrected chi connectivity index (χ4v) is 2.38. The van der Waals surface area contributed by atoms with Crippen LogP contribution in [0.25, 0.3) is 0 Å². The van der Waals surface area contributed by atoms with Crippen LogP contribution in [0.1, 0.15) is 40.1 Å². The lowest BCUT2D eigenvalue weighted by Gasteiger charge is -2.14. The second-order valence-electron chi connectivity index (χ2n) is 5.53. The van der Waals surface area contributed by atoms with Gasteiger partial charge >= 0.3 is 0 Å². The quantitative estimate of drug-likeness (QED) is 0.783. The molecule has 0 bridgehead atoms. The first-order chi connectivity index (χ1) is 11.4. The smallest absolute Gasteiger partial charge is 0.273 e. The standard InChI is InChI=1S/C18H19BrN2O3/c1-11(2)24-16-7-5-4-6-14(16)18(23)21-20-17(22)13-9-8-12(3)15(19)10-13/h4-11H,1-3H3,(H,20,22)(H,21,23). The Morgan fingerprint density at radius 2 is 1.71 bits per heavy atom. The van der Waals surface area contributed by atoms with E-state index in [1.165, 1.54) is 0 Å². The Hall–Kier alpha value is -2.34. The highest BCUT2D eigenvalue weighted by molar-refractivity contribution is 9.10. The van der Waals surface area contributed by atoms with Crippen LogP contribution in [0.2, 0.25) is 0 Å². The lowest BCUT2D eigenvalue weighted by Crippen LogP contribution is -2.41. The van der Waals surface area contributed by atoms with Crippen LogP contribution < -0.4 is 15.6 Å². The minimum atomic E-state index is -0.439. The van der Waals surface area contributed by atoms with E-state index in [9.17, 15) is 9.59 Å². The molecule has 0 unspecified atom stereocenters. The summed E-state index contributed by atoms with van der Waals surface area (Å²) < 4.78 is 6.44. The number of hydrogen-bond acceptors (Lipinski definition) is 3. The van der Waals surface area contributed by atoms with Gasteiger partial charge in [0.25, 0.3) is 11.8 Å². The van der Waals surface area contributed by atoms with E-state index in [0.29, 0.717) is 16.9 Å². The largest absolute Gasteiger partial charge is 0.490 e. The molecule has 24 heavy (non-hydrogen) atoms. The number of amides is 2. The Bertz CT molecular complexity index is 760. The van der Waals surface area contributed by atoms with Gasteiger partial charge in [0.1, 0.15) is 5.75 Å². The maximum Gasteiger partial charge on any atom is 0.273 e. The van der Waals surface area contributed by atoms with E-state index >= 15 is 0 Å². The molecule has 0 radical (unpaired) electrons. The van der Waals surface area contributed by atoms with E-state index in [1.54, 1.807) is 36.4 Å². The van der Waals surface area contributed by atoms with Gasteiger partial charge in [-0.1, -0.05) is 34.1 Å². The van der Waals surface area contributed by atoms with Gasteiger partial charge in [-0.05, 0) is 50.6 Å². The minimum Gasteiger partial charge on any atom is -0.490 e. The van der Waals surface area contributed by atoms with E-state index in [-0.39, 0.29) is 6.10 Å². The summed E-state index contributed by atoms with van der Waals surface area (Å²) in [6.45, 7) is 5.69. The van der Waals surface area contributed by atoms with E-state index in [4.69, 9.17) is 4.74 Å². The molecule has 0 saturated heterocycles. The van der Waals surface area contributed by atoms with Crippen LogP contribution in [-0.4, -0.2) is 17.9 Å². The van der Waals surface area contributed by atoms with Crippen molar-refractivity contribution in [2.24, 2.45) is 0 Å². The van der Waals surface area contributed by atoms with Crippen LogP contribution in [-0.2, 0) is 0 Å². The molecule has 6 heteroatoms. The molecule has 0 aliphatic heterocycles. The van der Waals surface area contributed by atoms with Crippen molar-refractivity contribution in [1.29, 1.82) is 0 Å². The molecule has 2 aromatic rings. The van der Waals surface area contributed by atoms with E-state index in [1.807, 2.05) is 26.8 Å². The number of hydrogen-bond donors (Lipinski definition) is 2. The number of ether oxygens (including phenoxy) is 1. The summed E-state index contributed by atoms with van der Waals surface area (Å²) in [6.07, 6.45) is -0.0570. The van der Waals surface area contributed by atoms with Crippen LogP contribution >= 0.6 is 15.9 Å². The number of halogens is 1. The van der Waals surface area contributed by atoms with Crippen molar-refractivity contribution in [2.45, 2.75) is 26.9 Å². The van der Waals surface area contributed by atoms with Crippen molar-refractivity contribution in [3.63, 3.8) is 0 Å². The average molecular weight is 391 g/mol. The van der Waals surface area contributed by atoms with Crippen LogP contribution in [0.5, 0.6) is 5.75 Å². The Kier molecular flexibility index (Phi) is 5.98. The van der Waals surface area contributed by atoms with Crippen molar-refractivity contribution in [2.75, 3.05) is 0 Å². The summed E-state index contributed by atoms with van der Waals surface area (Å²) in [4.78, 5) is 24.4. The fourth-order valence-electron chi connectivity index (χ4n) is 2.00. The third kappa shape index (κ3) is 4.58. The summed E-state index contributed by atoms with van der Waals surface area (Å²) in [5.74, 6) is -0.366. The molecule has 2 amide bonds. The summed E-state index contributed by atoms with van der Waals surface area (Å²) in [6, 6.07) is 12.1. The molecular formula is C18H19BrN2O3. The fraction of sp³-hybridized carbons (Fsp3) is 0.222. The van der Waals surface area contributed by atoms with Gasteiger partial charge in [-0.15, -0.1) is 0 Å². The number of carbonyl (C=O) groups excluding carboxylic acids is 2. The molecule has 5 nitrogen and oxygen atoms in total. The molecule has 0 aliphatic rings. The number of para-hydroxylation sites is 1. The Balaban J connectivity index is 2.05. The van der Waals surface area contributed by atoms with Crippen LogP contribution in [0, 0.1) is 6.92 Å². The van der Waals surface area contributed by atoms with E-state index in [0.717, 1.165) is 10.0 Å². The zero-order valence-corrected chi connectivity index (χ0v) is 15.3. The van der Waals surface area contributed by atoms with E-state index in [2.05, 4.69) is 26.8 Å². The summed E-state index contributed by atoms with van der Waals surface area (Å²) in [5.41, 5.74) is 6.65. The lowest BCUT2D eigenvalue weighted by atomic mass is 10.1. The maximum atomic E-state index is 12.3. The van der Waals surface area contributed by atoms with Crippen LogP contribution in [0.15, 0.2) is 46.9 Å². The molecule has 2 aromatic carbocycles. The minimum absolute atomic E-state index is 0.0570. The zero-order chi connectivity index (χ0) is 17.7. The van der Waals surface area contributed by atoms with Crippen molar-refractivity contribution in [3.05, 3.63) is 63.6 Å². The van der Waals surface area contributed by atoms with Crippen LogP contribution in [0.3, 0.4) is 0 Å². The van der Waals surface area contributed by atoms with Crippen molar-refractivity contribution in [1.82, 2.24) is 10.9 Å². The lowest BCUT2D eigenvalue weighted by molar-refractivity contribution is 0.0843. The summed E-state index contributed by atoms with van der Waals surface area (Å²) in [5, 5.41) is 0. The molecule has 0 spiro atoms. The van der Waals surface area contributed by atoms with Gasteiger partial charge in [-0.2, -0.15) is 0 Å². The predicted octanol–water partition coefficient (Wildman–Crippen LogP) is 3.62. The second kappa shape index (κ2) is 7.97. The molecule has 2 N–H and O–H groups in total. The van der Waals surface area contributed by atoms with Gasteiger partial charge in [0.2, 0.25) is 0 Å². The number of aryl methyl sites for hydroxylation is 1. The number of benzene rings is 2. The monoisotopic (exact) mass is 390 g/mol. The van der Waals surface area contributed by atoms with Gasteiger partial charge in [0, 0.05) is 10.0 Å². The average Bonchev–Trinajstić information content (AvgIpc) is 2.54. The van der Waals surface area contributed by atoms with Crippen LogP contribution in [0.4, 0.5) is 0 Å². The highest BCUT2D eigenvalue weighted by atomic mass is 79.9. The van der Waals surface area contributed by atoms with Gasteiger partial charge in [-0.3, -0.25) is 20.4 Å². The number of hydrazine groups is 1. The van der Waals surface area contributed by atoms with Gasteiger partial charge in [0.05, 0.1) is 11.7 Å². The van der Waals surface area contributed by atoms with Gasteiger partial charge < -0.3 is 4.74 Å². The number of carbonyl (C=O) groups is 2. The predicted molar refractivity (Wildman–Crippen MR) is 96.0 cm³/mol. The highest BCUT2D eigenvalue weighted by Gasteiger charge is 2.14. The first-order valence-electron chi connectivity index (χ1n) is 7.51. The molecule has 0 heterocycles. The van der Waals surface area contributed by atoms with Crippen molar-refractivity contribution < 1.29 is 14.3 Å². The molecule has 0 atom stereocenters. The normalized spacial score (nSPS) is 10.4. The van der Waals surface area contributed by atoms with Gasteiger partial charge in [0.15, 0.2) is 0 Å². The molecule has 0 fully saturated rings. The highest BCUT2D eigenvalue weighted by Crippen LogP contribution is 2.19. The van der Waals surface area contributed by atoms with Crippen molar-refractivity contribution in [3.8, 4) is 5.75 Å². The SMILES string of the molecule is Cc1ccc(C(=O)NNC(=O)c2ccccc2OC(C)C)cc1Br. The van der Waals surface area contributed by atoms with Gasteiger partial charge in [-0.25, -0.2) is 0 Å². The molecule has 0 saturated carbocycles. The summed E-state index contributed by atoms with van der Waals surface area (Å²) >= 11 is 3.38. The number of rotatable bonds is 4. The summed E-state index contributed by atoms with van der Waals surface area (Å²) in [7, 11) is 0. The first-order valence-corrected chi connectivity index (χ1v) is 8.30. The molecule has 0 aliphatic carbocycles. The molecule has 0 aromatic heterocycles. The third-order valence-electron chi connectivity index (χ3n) is 3.22. The molecule has 2 rings (SSSR count). The Morgan fingerprint density at radius 1 is 1.04 bits per heavy atom. The molecular weight excluding hydrogens is 372 g/mol. The number of nitrogens with one attached hydrogen (secondary N) is 2. The third-order valence-corrected chi connectivity index (χ3v) is 4.07. The Labute approximate surface area is 149 Å². The maximum absolute atomic E-state index is 12.3. The topological polar surface area (TPSA) is 67.4 Å². The second-order valence-corrected chi connectivity index (χ2v) is 6.39. The zero-order valence-electron chi connectivity index (χ0n) is 13.7. The molecule has 126 valence electrons. The first kappa shape index (κ1) is 18.0. The van der Waals surface area contributed by atoms with E-state index < -0.39 is 11.8 Å². The Morgan fingerprint density at radius 3 is 2.38 bits per heavy atom. The van der Waals surface area contributed by atoms with Crippen molar-refractivity contribution >= 4 is 27.7 Å².